The minimum absolute atomic E-state index is 0.0682. The van der Waals surface area contributed by atoms with Crippen LogP contribution in [0.1, 0.15) is 19.3 Å². The standard InChI is InChI=1S/C9H15N3O2S/c10-5-2-1-3-6(5)11-8(13)7-4-15-9(14)12-7/h5-7H,1-4,10H2,(H,11,13)(H,12,14). The van der Waals surface area contributed by atoms with Crippen LogP contribution in [0.5, 0.6) is 0 Å². The van der Waals surface area contributed by atoms with Crippen molar-refractivity contribution in [1.82, 2.24) is 10.6 Å². The molecule has 3 unspecified atom stereocenters. The van der Waals surface area contributed by atoms with E-state index in [4.69, 9.17) is 5.73 Å². The van der Waals surface area contributed by atoms with Crippen molar-refractivity contribution in [2.24, 2.45) is 5.73 Å². The third kappa shape index (κ3) is 2.43. The van der Waals surface area contributed by atoms with Crippen LogP contribution in [0.3, 0.4) is 0 Å². The van der Waals surface area contributed by atoms with E-state index in [1.54, 1.807) is 0 Å². The second kappa shape index (κ2) is 4.40. The van der Waals surface area contributed by atoms with Crippen LogP contribution < -0.4 is 16.4 Å². The van der Waals surface area contributed by atoms with Crippen LogP contribution in [0, 0.1) is 0 Å². The highest BCUT2D eigenvalue weighted by Crippen LogP contribution is 2.18. The average Bonchev–Trinajstić information content (AvgIpc) is 2.77. The molecule has 1 aliphatic carbocycles. The lowest BCUT2D eigenvalue weighted by atomic mass is 10.1. The fraction of sp³-hybridized carbons (Fsp3) is 0.778. The van der Waals surface area contributed by atoms with E-state index in [1.807, 2.05) is 0 Å². The third-order valence-corrected chi connectivity index (χ3v) is 3.77. The van der Waals surface area contributed by atoms with Gasteiger partial charge in [0, 0.05) is 17.8 Å². The zero-order valence-corrected chi connectivity index (χ0v) is 9.18. The molecule has 1 aliphatic heterocycles. The molecule has 3 atom stereocenters. The Labute approximate surface area is 92.5 Å². The summed E-state index contributed by atoms with van der Waals surface area (Å²) >= 11 is 1.15. The lowest BCUT2D eigenvalue weighted by molar-refractivity contribution is -0.123. The van der Waals surface area contributed by atoms with E-state index in [9.17, 15) is 9.59 Å². The number of carbonyl (C=O) groups is 2. The van der Waals surface area contributed by atoms with Crippen LogP contribution in [0.15, 0.2) is 0 Å². The highest BCUT2D eigenvalue weighted by molar-refractivity contribution is 8.14. The van der Waals surface area contributed by atoms with Crippen LogP contribution in [0.4, 0.5) is 4.79 Å². The first-order valence-electron chi connectivity index (χ1n) is 5.16. The molecule has 0 aromatic heterocycles. The lowest BCUT2D eigenvalue weighted by Gasteiger charge is -2.19. The summed E-state index contributed by atoms with van der Waals surface area (Å²) < 4.78 is 0. The van der Waals surface area contributed by atoms with E-state index in [-0.39, 0.29) is 29.3 Å². The predicted octanol–water partition coefficient (Wildman–Crippen LogP) is -0.193. The number of carbonyl (C=O) groups excluding carboxylic acids is 2. The Balaban J connectivity index is 1.84. The molecule has 0 radical (unpaired) electrons. The first kappa shape index (κ1) is 10.8. The van der Waals surface area contributed by atoms with Crippen molar-refractivity contribution in [2.75, 3.05) is 5.75 Å². The second-order valence-corrected chi connectivity index (χ2v) is 5.00. The summed E-state index contributed by atoms with van der Waals surface area (Å²) in [7, 11) is 0. The highest BCUT2D eigenvalue weighted by Gasteiger charge is 2.32. The molecular formula is C9H15N3O2S. The van der Waals surface area contributed by atoms with Crippen molar-refractivity contribution < 1.29 is 9.59 Å². The lowest BCUT2D eigenvalue weighted by Crippen LogP contribution is -2.50. The van der Waals surface area contributed by atoms with Gasteiger partial charge in [-0.25, -0.2) is 0 Å². The Morgan fingerprint density at radius 3 is 2.87 bits per heavy atom. The SMILES string of the molecule is NC1CCCC1NC(=O)C1CSC(=O)N1. The second-order valence-electron chi connectivity index (χ2n) is 4.01. The Morgan fingerprint density at radius 1 is 1.53 bits per heavy atom. The van der Waals surface area contributed by atoms with E-state index >= 15 is 0 Å². The van der Waals surface area contributed by atoms with Gasteiger partial charge in [-0.2, -0.15) is 0 Å². The van der Waals surface area contributed by atoms with Gasteiger partial charge < -0.3 is 16.4 Å². The topological polar surface area (TPSA) is 84.2 Å². The highest BCUT2D eigenvalue weighted by atomic mass is 32.2. The Kier molecular flexibility index (Phi) is 3.16. The van der Waals surface area contributed by atoms with E-state index < -0.39 is 0 Å². The predicted molar refractivity (Wildman–Crippen MR) is 58.5 cm³/mol. The van der Waals surface area contributed by atoms with Gasteiger partial charge in [0.15, 0.2) is 0 Å². The maximum absolute atomic E-state index is 11.7. The molecule has 2 rings (SSSR count). The fourth-order valence-corrected chi connectivity index (χ4v) is 2.76. The van der Waals surface area contributed by atoms with Gasteiger partial charge in [-0.3, -0.25) is 9.59 Å². The van der Waals surface area contributed by atoms with Crippen molar-refractivity contribution in [3.05, 3.63) is 0 Å². The molecule has 2 aliphatic rings. The Morgan fingerprint density at radius 2 is 2.33 bits per heavy atom. The first-order valence-corrected chi connectivity index (χ1v) is 6.14. The molecule has 15 heavy (non-hydrogen) atoms. The van der Waals surface area contributed by atoms with Crippen LogP contribution in [-0.4, -0.2) is 35.0 Å². The largest absolute Gasteiger partial charge is 0.350 e. The molecule has 4 N–H and O–H groups in total. The molecular weight excluding hydrogens is 214 g/mol. The van der Waals surface area contributed by atoms with Gasteiger partial charge in [0.2, 0.25) is 5.91 Å². The zero-order valence-electron chi connectivity index (χ0n) is 8.36. The number of nitrogens with two attached hydrogens (primary N) is 1. The van der Waals surface area contributed by atoms with Crippen LogP contribution in [0.25, 0.3) is 0 Å². The van der Waals surface area contributed by atoms with Crippen molar-refractivity contribution in [3.8, 4) is 0 Å². The summed E-state index contributed by atoms with van der Waals surface area (Å²) in [5.41, 5.74) is 5.85. The summed E-state index contributed by atoms with van der Waals surface area (Å²) in [5, 5.41) is 5.39. The monoisotopic (exact) mass is 229 g/mol. The number of amides is 2. The molecule has 0 bridgehead atoms. The molecule has 6 heteroatoms. The minimum Gasteiger partial charge on any atom is -0.350 e. The average molecular weight is 229 g/mol. The number of nitrogens with one attached hydrogen (secondary N) is 2. The van der Waals surface area contributed by atoms with Crippen LogP contribution in [-0.2, 0) is 4.79 Å². The molecule has 1 saturated carbocycles. The summed E-state index contributed by atoms with van der Waals surface area (Å²) in [6.07, 6.45) is 2.98. The third-order valence-electron chi connectivity index (χ3n) is 2.89. The smallest absolute Gasteiger partial charge is 0.279 e. The van der Waals surface area contributed by atoms with Gasteiger partial charge in [0.1, 0.15) is 6.04 Å². The maximum atomic E-state index is 11.7. The molecule has 2 fully saturated rings. The Bertz CT molecular complexity index is 285. The summed E-state index contributed by atoms with van der Waals surface area (Å²) in [6.45, 7) is 0. The molecule has 0 spiro atoms. The van der Waals surface area contributed by atoms with Crippen molar-refractivity contribution in [2.45, 2.75) is 37.4 Å². The van der Waals surface area contributed by atoms with E-state index in [0.717, 1.165) is 31.0 Å². The van der Waals surface area contributed by atoms with E-state index in [2.05, 4.69) is 10.6 Å². The van der Waals surface area contributed by atoms with Gasteiger partial charge in [-0.05, 0) is 19.3 Å². The van der Waals surface area contributed by atoms with Gasteiger partial charge in [-0.1, -0.05) is 11.8 Å². The maximum Gasteiger partial charge on any atom is 0.279 e. The summed E-state index contributed by atoms with van der Waals surface area (Å²) in [6, 6.07) is -0.228. The molecule has 1 saturated heterocycles. The van der Waals surface area contributed by atoms with Crippen molar-refractivity contribution in [3.63, 3.8) is 0 Å². The van der Waals surface area contributed by atoms with Crippen molar-refractivity contribution >= 4 is 22.9 Å². The minimum atomic E-state index is -0.379. The first-order chi connectivity index (χ1) is 7.16. The Hall–Kier alpha value is -0.750. The molecule has 84 valence electrons. The number of hydrogen-bond acceptors (Lipinski definition) is 4. The van der Waals surface area contributed by atoms with Gasteiger partial charge in [0.25, 0.3) is 5.24 Å². The van der Waals surface area contributed by atoms with Crippen LogP contribution in [0.2, 0.25) is 0 Å². The van der Waals surface area contributed by atoms with Gasteiger partial charge in [0.05, 0.1) is 0 Å². The number of rotatable bonds is 2. The van der Waals surface area contributed by atoms with E-state index in [1.165, 1.54) is 0 Å². The summed E-state index contributed by atoms with van der Waals surface area (Å²) in [4.78, 5) is 22.6. The van der Waals surface area contributed by atoms with Crippen molar-refractivity contribution in [1.29, 1.82) is 0 Å². The molecule has 1 heterocycles. The number of thioether (sulfide) groups is 1. The van der Waals surface area contributed by atoms with Gasteiger partial charge in [-0.15, -0.1) is 0 Å². The van der Waals surface area contributed by atoms with E-state index in [0.29, 0.717) is 5.75 Å². The van der Waals surface area contributed by atoms with Crippen LogP contribution >= 0.6 is 11.8 Å². The fourth-order valence-electron chi connectivity index (χ4n) is 1.98. The van der Waals surface area contributed by atoms with Gasteiger partial charge >= 0.3 is 0 Å². The molecule has 0 aromatic carbocycles. The molecule has 0 aromatic rings. The quantitative estimate of drug-likeness (QED) is 0.612. The summed E-state index contributed by atoms with van der Waals surface area (Å²) in [5.74, 6) is 0.419. The number of hydrogen-bond donors (Lipinski definition) is 3. The molecule has 2 amide bonds. The molecule has 5 nitrogen and oxygen atoms in total. The normalized spacial score (nSPS) is 35.3. The zero-order chi connectivity index (χ0) is 10.8.